The fourth-order valence-corrected chi connectivity index (χ4v) is 3.32. The summed E-state index contributed by atoms with van der Waals surface area (Å²) in [5.74, 6) is 1.69. The standard InChI is InChI=1S/C18H26N4OS.HI/c1-5-19-18(20-10-9-17-13(2)22-14(3)24-17)21-12-15-7-6-8-16(11-15)23-4;/h6-8,11H,5,9-10,12H2,1-4H3,(H2,19,20,21);1H. The molecule has 0 unspecified atom stereocenters. The van der Waals surface area contributed by atoms with Gasteiger partial charge in [-0.05, 0) is 38.5 Å². The first kappa shape index (κ1) is 21.7. The average molecular weight is 474 g/mol. The third-order valence-electron chi connectivity index (χ3n) is 3.54. The molecule has 25 heavy (non-hydrogen) atoms. The molecule has 0 fully saturated rings. The Bertz CT molecular complexity index is 687. The summed E-state index contributed by atoms with van der Waals surface area (Å²) in [4.78, 5) is 10.5. The van der Waals surface area contributed by atoms with Crippen molar-refractivity contribution in [2.45, 2.75) is 33.7 Å². The fourth-order valence-electron chi connectivity index (χ4n) is 2.38. The molecule has 0 bridgehead atoms. The van der Waals surface area contributed by atoms with Gasteiger partial charge in [0.2, 0.25) is 0 Å². The molecule has 0 radical (unpaired) electrons. The minimum atomic E-state index is 0. The number of aliphatic imine (C=N–C) groups is 1. The van der Waals surface area contributed by atoms with Crippen molar-refractivity contribution >= 4 is 41.3 Å². The predicted molar refractivity (Wildman–Crippen MR) is 117 cm³/mol. The molecule has 0 saturated carbocycles. The highest BCUT2D eigenvalue weighted by molar-refractivity contribution is 14.0. The van der Waals surface area contributed by atoms with Gasteiger partial charge in [-0.2, -0.15) is 0 Å². The maximum Gasteiger partial charge on any atom is 0.191 e. The van der Waals surface area contributed by atoms with Crippen LogP contribution >= 0.6 is 35.3 Å². The van der Waals surface area contributed by atoms with E-state index in [-0.39, 0.29) is 24.0 Å². The van der Waals surface area contributed by atoms with Crippen LogP contribution in [-0.4, -0.2) is 31.1 Å². The van der Waals surface area contributed by atoms with Crippen LogP contribution < -0.4 is 15.4 Å². The summed E-state index contributed by atoms with van der Waals surface area (Å²) in [5, 5.41) is 7.80. The molecule has 2 aromatic rings. The number of rotatable bonds is 7. The molecule has 138 valence electrons. The Labute approximate surface area is 171 Å². The van der Waals surface area contributed by atoms with E-state index in [0.717, 1.165) is 47.5 Å². The molecule has 0 aliphatic carbocycles. The van der Waals surface area contributed by atoms with Crippen LogP contribution in [0.1, 0.15) is 28.1 Å². The number of aryl methyl sites for hydroxylation is 2. The van der Waals surface area contributed by atoms with Gasteiger partial charge >= 0.3 is 0 Å². The van der Waals surface area contributed by atoms with Crippen LogP contribution in [0.4, 0.5) is 0 Å². The van der Waals surface area contributed by atoms with Crippen molar-refractivity contribution in [1.82, 2.24) is 15.6 Å². The Balaban J connectivity index is 0.00000312. The van der Waals surface area contributed by atoms with Crippen molar-refractivity contribution in [1.29, 1.82) is 0 Å². The zero-order valence-electron chi connectivity index (χ0n) is 15.3. The van der Waals surface area contributed by atoms with Gasteiger partial charge in [-0.1, -0.05) is 12.1 Å². The van der Waals surface area contributed by atoms with Gasteiger partial charge < -0.3 is 15.4 Å². The number of thiazole rings is 1. The number of hydrogen-bond acceptors (Lipinski definition) is 4. The number of halogens is 1. The zero-order chi connectivity index (χ0) is 17.4. The van der Waals surface area contributed by atoms with Crippen LogP contribution in [0, 0.1) is 13.8 Å². The molecule has 1 aromatic heterocycles. The third-order valence-corrected chi connectivity index (χ3v) is 4.67. The number of aromatic nitrogens is 1. The van der Waals surface area contributed by atoms with Gasteiger partial charge in [-0.25, -0.2) is 9.98 Å². The summed E-state index contributed by atoms with van der Waals surface area (Å²) in [7, 11) is 1.68. The normalized spacial score (nSPS) is 11.0. The van der Waals surface area contributed by atoms with E-state index in [1.165, 1.54) is 4.88 Å². The second kappa shape index (κ2) is 11.3. The van der Waals surface area contributed by atoms with Gasteiger partial charge in [-0.3, -0.25) is 0 Å². The monoisotopic (exact) mass is 474 g/mol. The molecule has 2 N–H and O–H groups in total. The van der Waals surface area contributed by atoms with Crippen molar-refractivity contribution in [2.24, 2.45) is 4.99 Å². The van der Waals surface area contributed by atoms with E-state index in [9.17, 15) is 0 Å². The largest absolute Gasteiger partial charge is 0.497 e. The Morgan fingerprint density at radius 1 is 1.28 bits per heavy atom. The summed E-state index contributed by atoms with van der Waals surface area (Å²) in [6.45, 7) is 8.48. The summed E-state index contributed by atoms with van der Waals surface area (Å²) in [6.07, 6.45) is 0.959. The number of nitrogens with one attached hydrogen (secondary N) is 2. The summed E-state index contributed by atoms with van der Waals surface area (Å²) in [6, 6.07) is 7.99. The highest BCUT2D eigenvalue weighted by Gasteiger charge is 2.05. The van der Waals surface area contributed by atoms with Gasteiger partial charge in [0.1, 0.15) is 5.75 Å². The second-order valence-corrected chi connectivity index (χ2v) is 6.75. The summed E-state index contributed by atoms with van der Waals surface area (Å²) in [5.41, 5.74) is 2.26. The van der Waals surface area contributed by atoms with E-state index < -0.39 is 0 Å². The van der Waals surface area contributed by atoms with Crippen LogP contribution in [0.5, 0.6) is 5.75 Å². The molecular formula is C18H27IN4OS. The van der Waals surface area contributed by atoms with Gasteiger partial charge in [0.05, 0.1) is 24.4 Å². The lowest BCUT2D eigenvalue weighted by atomic mass is 10.2. The van der Waals surface area contributed by atoms with Crippen LogP contribution in [0.2, 0.25) is 0 Å². The van der Waals surface area contributed by atoms with Crippen LogP contribution in [0.15, 0.2) is 29.3 Å². The van der Waals surface area contributed by atoms with Gasteiger partial charge in [0.15, 0.2) is 5.96 Å². The van der Waals surface area contributed by atoms with E-state index in [2.05, 4.69) is 40.5 Å². The van der Waals surface area contributed by atoms with Crippen molar-refractivity contribution in [3.63, 3.8) is 0 Å². The number of ether oxygens (including phenoxy) is 1. The quantitative estimate of drug-likeness (QED) is 0.365. The van der Waals surface area contributed by atoms with E-state index >= 15 is 0 Å². The molecule has 7 heteroatoms. The van der Waals surface area contributed by atoms with Gasteiger partial charge in [0, 0.05) is 24.4 Å². The minimum absolute atomic E-state index is 0. The Morgan fingerprint density at radius 2 is 2.08 bits per heavy atom. The molecule has 2 rings (SSSR count). The van der Waals surface area contributed by atoms with Crippen molar-refractivity contribution in [3.05, 3.63) is 45.4 Å². The van der Waals surface area contributed by atoms with Gasteiger partial charge in [-0.15, -0.1) is 35.3 Å². The molecule has 0 amide bonds. The zero-order valence-corrected chi connectivity index (χ0v) is 18.4. The Morgan fingerprint density at radius 3 is 2.72 bits per heavy atom. The summed E-state index contributed by atoms with van der Waals surface area (Å²) >= 11 is 1.77. The fraction of sp³-hybridized carbons (Fsp3) is 0.444. The molecule has 5 nitrogen and oxygen atoms in total. The maximum absolute atomic E-state index is 5.25. The Kier molecular flexibility index (Phi) is 9.81. The minimum Gasteiger partial charge on any atom is -0.497 e. The highest BCUT2D eigenvalue weighted by Crippen LogP contribution is 2.17. The molecule has 1 heterocycles. The maximum atomic E-state index is 5.25. The lowest BCUT2D eigenvalue weighted by Crippen LogP contribution is -2.38. The lowest BCUT2D eigenvalue weighted by molar-refractivity contribution is 0.414. The number of nitrogens with zero attached hydrogens (tertiary/aromatic N) is 2. The SMILES string of the molecule is CCNC(=NCc1cccc(OC)c1)NCCc1sc(C)nc1C.I. The average Bonchev–Trinajstić information content (AvgIpc) is 2.90. The van der Waals surface area contributed by atoms with Gasteiger partial charge in [0.25, 0.3) is 0 Å². The van der Waals surface area contributed by atoms with E-state index in [4.69, 9.17) is 4.74 Å². The van der Waals surface area contributed by atoms with Crippen molar-refractivity contribution in [3.8, 4) is 5.75 Å². The number of methoxy groups -OCH3 is 1. The third kappa shape index (κ3) is 7.19. The van der Waals surface area contributed by atoms with Crippen LogP contribution in [0.25, 0.3) is 0 Å². The van der Waals surface area contributed by atoms with Crippen LogP contribution in [0.3, 0.4) is 0 Å². The van der Waals surface area contributed by atoms with E-state index in [0.29, 0.717) is 6.54 Å². The Hall–Kier alpha value is -1.35. The second-order valence-electron chi connectivity index (χ2n) is 5.46. The van der Waals surface area contributed by atoms with Crippen LogP contribution in [-0.2, 0) is 13.0 Å². The number of guanidine groups is 1. The predicted octanol–water partition coefficient (Wildman–Crippen LogP) is 3.68. The first-order chi connectivity index (χ1) is 11.6. The highest BCUT2D eigenvalue weighted by atomic mass is 127. The van der Waals surface area contributed by atoms with Crippen molar-refractivity contribution < 1.29 is 4.74 Å². The first-order valence-corrected chi connectivity index (χ1v) is 9.02. The van der Waals surface area contributed by atoms with E-state index in [1.807, 2.05) is 25.1 Å². The lowest BCUT2D eigenvalue weighted by Gasteiger charge is -2.11. The molecule has 0 atom stereocenters. The summed E-state index contributed by atoms with van der Waals surface area (Å²) < 4.78 is 5.25. The van der Waals surface area contributed by atoms with Crippen molar-refractivity contribution in [2.75, 3.05) is 20.2 Å². The topological polar surface area (TPSA) is 58.5 Å². The van der Waals surface area contributed by atoms with E-state index in [1.54, 1.807) is 18.4 Å². The number of hydrogen-bond donors (Lipinski definition) is 2. The molecule has 1 aromatic carbocycles. The molecule has 0 aliphatic heterocycles. The number of benzene rings is 1. The molecule has 0 saturated heterocycles. The molecule has 0 aliphatic rings. The smallest absolute Gasteiger partial charge is 0.191 e. The first-order valence-electron chi connectivity index (χ1n) is 8.20. The molecular weight excluding hydrogens is 447 g/mol. The molecule has 0 spiro atoms.